The molecule has 1 aromatic heterocycles. The number of Topliss-reactive ketones (excluding diaryl/α,β-unsaturated/α-hetero) is 1. The molecule has 4 aromatic rings. The van der Waals surface area contributed by atoms with Crippen molar-refractivity contribution in [1.29, 1.82) is 0 Å². The van der Waals surface area contributed by atoms with Gasteiger partial charge in [-0.25, -0.2) is 4.39 Å². The number of carbonyl (C=O) groups excluding carboxylic acids is 2. The zero-order chi connectivity index (χ0) is 30.8. The number of thioether (sulfide) groups is 1. The molecule has 0 bridgehead atoms. The molecule has 11 heteroatoms. The quantitative estimate of drug-likeness (QED) is 0.0494. The summed E-state index contributed by atoms with van der Waals surface area (Å²) in [6, 6.07) is 17.9. The van der Waals surface area contributed by atoms with Crippen molar-refractivity contribution in [3.05, 3.63) is 100 Å². The zero-order valence-corrected chi connectivity index (χ0v) is 25.8. The molecule has 226 valence electrons. The lowest BCUT2D eigenvalue weighted by Crippen LogP contribution is -2.29. The average Bonchev–Trinajstić information content (AvgIpc) is 3.71. The predicted octanol–water partition coefficient (Wildman–Crippen LogP) is 7.10. The van der Waals surface area contributed by atoms with Gasteiger partial charge in [0.15, 0.2) is 4.34 Å². The Balaban J connectivity index is 1.39. The summed E-state index contributed by atoms with van der Waals surface area (Å²) in [6.07, 6.45) is 2.52. The molecule has 6 rings (SSSR count). The van der Waals surface area contributed by atoms with E-state index in [4.69, 9.17) is 9.47 Å². The van der Waals surface area contributed by atoms with Crippen LogP contribution in [0.3, 0.4) is 0 Å². The van der Waals surface area contributed by atoms with Gasteiger partial charge in [-0.05, 0) is 66.4 Å². The van der Waals surface area contributed by atoms with Crippen LogP contribution in [0, 0.1) is 5.82 Å². The molecule has 1 N–H and O–H groups in total. The van der Waals surface area contributed by atoms with Crippen molar-refractivity contribution in [3.63, 3.8) is 0 Å². The number of aliphatic hydroxyl groups is 1. The van der Waals surface area contributed by atoms with E-state index < -0.39 is 17.7 Å². The summed E-state index contributed by atoms with van der Waals surface area (Å²) in [7, 11) is 0. The van der Waals surface area contributed by atoms with Crippen LogP contribution in [0.25, 0.3) is 5.76 Å². The largest absolute Gasteiger partial charge is 0.507 e. The van der Waals surface area contributed by atoms with Crippen molar-refractivity contribution >= 4 is 45.7 Å². The molecule has 8 nitrogen and oxygen atoms in total. The third kappa shape index (κ3) is 5.94. The van der Waals surface area contributed by atoms with Crippen LogP contribution in [-0.4, -0.2) is 39.7 Å². The van der Waals surface area contributed by atoms with Crippen LogP contribution in [0.2, 0.25) is 0 Å². The first kappa shape index (κ1) is 29.8. The van der Waals surface area contributed by atoms with Crippen LogP contribution < -0.4 is 14.4 Å². The second-order valence-electron chi connectivity index (χ2n) is 10.6. The van der Waals surface area contributed by atoms with E-state index in [-0.39, 0.29) is 28.4 Å². The topological polar surface area (TPSA) is 102 Å². The molecule has 0 spiro atoms. The first-order valence-corrected chi connectivity index (χ1v) is 16.2. The molecule has 3 heterocycles. The van der Waals surface area contributed by atoms with Crippen LogP contribution in [0.15, 0.2) is 76.6 Å². The van der Waals surface area contributed by atoms with Crippen LogP contribution >= 0.6 is 23.1 Å². The second-order valence-corrected chi connectivity index (χ2v) is 12.8. The Morgan fingerprint density at radius 3 is 2.80 bits per heavy atom. The van der Waals surface area contributed by atoms with E-state index in [9.17, 15) is 19.1 Å². The highest BCUT2D eigenvalue weighted by molar-refractivity contribution is 8.00. The Kier molecular flexibility index (Phi) is 8.67. The first-order valence-electron chi connectivity index (χ1n) is 14.4. The number of aromatic nitrogens is 2. The van der Waals surface area contributed by atoms with Crippen molar-refractivity contribution in [3.8, 4) is 11.5 Å². The number of nitrogens with zero attached hydrogens (tertiary/aromatic N) is 3. The van der Waals surface area contributed by atoms with Gasteiger partial charge in [-0.3, -0.25) is 14.5 Å². The number of rotatable bonds is 10. The number of fused-ring (bicyclic) bond motifs is 1. The van der Waals surface area contributed by atoms with Gasteiger partial charge in [-0.1, -0.05) is 66.8 Å². The molecule has 2 aliphatic rings. The maximum atomic E-state index is 14.2. The Morgan fingerprint density at radius 1 is 1.14 bits per heavy atom. The summed E-state index contributed by atoms with van der Waals surface area (Å²) in [6.45, 7) is 4.56. The normalized spacial score (nSPS) is 18.8. The number of ketones is 1. The standard InChI is InChI=1S/C33H30FN3O5S2/c1-3-4-14-41-24-10-7-9-20(17-24)28-27(29(38)21-12-13-26-23(16-21)15-19(2)42-26)30(39)31(40)37(28)32-35-36-33(44-32)43-18-22-8-5-6-11-25(22)34/h5-13,16-17,19,28,38H,3-4,14-15,18H2,1-2H3/b29-27+/t19-,28+/m0/s1. The zero-order valence-electron chi connectivity index (χ0n) is 24.2. The summed E-state index contributed by atoms with van der Waals surface area (Å²) in [5, 5.41) is 20.3. The van der Waals surface area contributed by atoms with Gasteiger partial charge in [-0.2, -0.15) is 0 Å². The molecule has 3 aromatic carbocycles. The monoisotopic (exact) mass is 631 g/mol. The van der Waals surface area contributed by atoms with E-state index >= 15 is 0 Å². The van der Waals surface area contributed by atoms with Gasteiger partial charge < -0.3 is 14.6 Å². The van der Waals surface area contributed by atoms with Gasteiger partial charge in [0, 0.05) is 17.7 Å². The number of halogens is 1. The van der Waals surface area contributed by atoms with Gasteiger partial charge in [0.25, 0.3) is 5.78 Å². The molecule has 0 radical (unpaired) electrons. The molecule has 44 heavy (non-hydrogen) atoms. The highest BCUT2D eigenvalue weighted by Gasteiger charge is 2.48. The van der Waals surface area contributed by atoms with E-state index in [2.05, 4.69) is 17.1 Å². The number of unbranched alkanes of at least 4 members (excludes halogenated alkanes) is 1. The highest BCUT2D eigenvalue weighted by atomic mass is 32.2. The second kappa shape index (κ2) is 12.8. The van der Waals surface area contributed by atoms with Crippen molar-refractivity contribution in [2.24, 2.45) is 0 Å². The minimum atomic E-state index is -0.981. The van der Waals surface area contributed by atoms with Gasteiger partial charge in [-0.15, -0.1) is 10.2 Å². The maximum absolute atomic E-state index is 14.2. The summed E-state index contributed by atoms with van der Waals surface area (Å²) in [4.78, 5) is 28.6. The summed E-state index contributed by atoms with van der Waals surface area (Å²) in [5.41, 5.74) is 2.37. The van der Waals surface area contributed by atoms with Gasteiger partial charge in [0.1, 0.15) is 29.2 Å². The fourth-order valence-electron chi connectivity index (χ4n) is 5.29. The number of aliphatic hydroxyl groups excluding tert-OH is 1. The van der Waals surface area contributed by atoms with E-state index in [0.29, 0.717) is 45.6 Å². The summed E-state index contributed by atoms with van der Waals surface area (Å²) >= 11 is 2.41. The average molecular weight is 632 g/mol. The number of ether oxygens (including phenoxy) is 2. The third-order valence-electron chi connectivity index (χ3n) is 7.47. The predicted molar refractivity (Wildman–Crippen MR) is 168 cm³/mol. The molecule has 0 saturated carbocycles. The van der Waals surface area contributed by atoms with Crippen LogP contribution in [0.5, 0.6) is 11.5 Å². The number of carbonyl (C=O) groups is 2. The minimum Gasteiger partial charge on any atom is -0.507 e. The van der Waals surface area contributed by atoms with E-state index in [1.807, 2.05) is 13.0 Å². The molecule has 2 aliphatic heterocycles. The lowest BCUT2D eigenvalue weighted by molar-refractivity contribution is -0.132. The van der Waals surface area contributed by atoms with Crippen LogP contribution in [0.1, 0.15) is 55.0 Å². The fraction of sp³-hybridized carbons (Fsp3) is 0.273. The number of amides is 1. The van der Waals surface area contributed by atoms with Crippen LogP contribution in [0.4, 0.5) is 9.52 Å². The smallest absolute Gasteiger partial charge is 0.301 e. The lowest BCUT2D eigenvalue weighted by atomic mass is 9.94. The fourth-order valence-corrected chi connectivity index (χ4v) is 7.15. The first-order chi connectivity index (χ1) is 21.3. The maximum Gasteiger partial charge on any atom is 0.301 e. The van der Waals surface area contributed by atoms with Crippen molar-refractivity contribution in [1.82, 2.24) is 10.2 Å². The molecule has 1 amide bonds. The van der Waals surface area contributed by atoms with Gasteiger partial charge >= 0.3 is 5.91 Å². The molecule has 0 aliphatic carbocycles. The Morgan fingerprint density at radius 2 is 1.98 bits per heavy atom. The van der Waals surface area contributed by atoms with Gasteiger partial charge in [0.05, 0.1) is 18.2 Å². The SMILES string of the molecule is CCCCOc1cccc([C@@H]2/C(=C(\O)c3ccc4c(c3)C[C@H](C)O4)C(=O)C(=O)N2c2nnc(SCc3ccccc3F)s2)c1. The van der Waals surface area contributed by atoms with Gasteiger partial charge in [0.2, 0.25) is 5.13 Å². The van der Waals surface area contributed by atoms with E-state index in [0.717, 1.165) is 35.5 Å². The van der Waals surface area contributed by atoms with E-state index in [1.54, 1.807) is 54.6 Å². The molecule has 1 fully saturated rings. The number of hydrogen-bond acceptors (Lipinski definition) is 9. The summed E-state index contributed by atoms with van der Waals surface area (Å²) in [5.74, 6) is -0.611. The third-order valence-corrected chi connectivity index (χ3v) is 9.57. The summed E-state index contributed by atoms with van der Waals surface area (Å²) < 4.78 is 26.4. The molecule has 0 unspecified atom stereocenters. The van der Waals surface area contributed by atoms with E-state index in [1.165, 1.54) is 22.7 Å². The Bertz CT molecular complexity index is 1760. The Labute approximate surface area is 262 Å². The van der Waals surface area contributed by atoms with Crippen LogP contribution in [-0.2, 0) is 21.8 Å². The number of anilines is 1. The highest BCUT2D eigenvalue weighted by Crippen LogP contribution is 2.45. The Hall–Kier alpha value is -4.22. The van der Waals surface area contributed by atoms with Crippen molar-refractivity contribution < 1.29 is 28.6 Å². The number of hydrogen-bond donors (Lipinski definition) is 1. The molecular weight excluding hydrogens is 602 g/mol. The molecule has 2 atom stereocenters. The lowest BCUT2D eigenvalue weighted by Gasteiger charge is -2.23. The van der Waals surface area contributed by atoms with Crippen molar-refractivity contribution in [2.75, 3.05) is 11.5 Å². The molecule has 1 saturated heterocycles. The molecular formula is C33H30FN3O5S2. The van der Waals surface area contributed by atoms with Crippen molar-refractivity contribution in [2.45, 2.75) is 55.3 Å². The minimum absolute atomic E-state index is 0.00581. The number of benzene rings is 3.